The predicted octanol–water partition coefficient (Wildman–Crippen LogP) is 6.33. The van der Waals surface area contributed by atoms with Gasteiger partial charge in [0.25, 0.3) is 0 Å². The van der Waals surface area contributed by atoms with Crippen molar-refractivity contribution >= 4 is 19.2 Å². The van der Waals surface area contributed by atoms with Crippen molar-refractivity contribution in [1.29, 1.82) is 0 Å². The Morgan fingerprint density at radius 2 is 1.50 bits per heavy atom. The lowest BCUT2D eigenvalue weighted by atomic mass is 10.2. The van der Waals surface area contributed by atoms with E-state index in [1.807, 2.05) is 6.07 Å². The van der Waals surface area contributed by atoms with Crippen LogP contribution in [0.15, 0.2) is 48.5 Å². The summed E-state index contributed by atoms with van der Waals surface area (Å²) < 4.78 is 14.1. The van der Waals surface area contributed by atoms with Crippen LogP contribution >= 0.6 is 0 Å². The van der Waals surface area contributed by atoms with Crippen molar-refractivity contribution in [3.05, 3.63) is 54.2 Å². The Balaban J connectivity index is 1.97. The minimum Gasteiger partial charge on any atom is -0.544 e. The van der Waals surface area contributed by atoms with Gasteiger partial charge >= 0.3 is 0 Å². The van der Waals surface area contributed by atoms with E-state index in [9.17, 15) is 0 Å². The van der Waals surface area contributed by atoms with Crippen molar-refractivity contribution < 1.29 is 9.16 Å². The molecule has 1 aromatic heterocycles. The summed E-state index contributed by atoms with van der Waals surface area (Å²) in [5, 5.41) is 1.40. The number of benzene rings is 2. The van der Waals surface area contributed by atoms with Crippen LogP contribution in [-0.2, 0) is 0 Å². The fourth-order valence-corrected chi connectivity index (χ4v) is 3.93. The molecular weight excluding hydrogens is 338 g/mol. The quantitative estimate of drug-likeness (QED) is 0.503. The standard InChI is InChI=1S/C22H29NO2Si/c1-16-14-17-8-11-20(24-5)15-21(17)23(16)18-9-12-19(13-10-18)25-26(6,7)22(2,3)4/h8-15H,1-7H3. The van der Waals surface area contributed by atoms with Crippen LogP contribution in [0.2, 0.25) is 18.1 Å². The molecule has 0 radical (unpaired) electrons. The molecule has 0 spiro atoms. The maximum atomic E-state index is 6.40. The van der Waals surface area contributed by atoms with Gasteiger partial charge in [0.1, 0.15) is 11.5 Å². The van der Waals surface area contributed by atoms with Crippen LogP contribution in [-0.4, -0.2) is 20.0 Å². The highest BCUT2D eigenvalue weighted by atomic mass is 28.4. The third kappa shape index (κ3) is 3.38. The largest absolute Gasteiger partial charge is 0.544 e. The van der Waals surface area contributed by atoms with E-state index in [2.05, 4.69) is 87.8 Å². The molecule has 0 N–H and O–H groups in total. The van der Waals surface area contributed by atoms with Crippen LogP contribution in [0, 0.1) is 6.92 Å². The van der Waals surface area contributed by atoms with Crippen molar-refractivity contribution in [3.8, 4) is 17.2 Å². The van der Waals surface area contributed by atoms with E-state index in [0.717, 1.165) is 22.7 Å². The van der Waals surface area contributed by atoms with E-state index in [1.54, 1.807) is 7.11 Å². The summed E-state index contributed by atoms with van der Waals surface area (Å²) >= 11 is 0. The second-order valence-corrected chi connectivity index (χ2v) is 13.1. The molecule has 0 aliphatic carbocycles. The Labute approximate surface area is 157 Å². The summed E-state index contributed by atoms with van der Waals surface area (Å²) in [6.45, 7) is 13.5. The highest BCUT2D eigenvalue weighted by Gasteiger charge is 2.38. The lowest BCUT2D eigenvalue weighted by Crippen LogP contribution is -2.43. The number of rotatable bonds is 4. The van der Waals surface area contributed by atoms with E-state index < -0.39 is 8.32 Å². The molecular formula is C22H29NO2Si. The molecule has 0 saturated heterocycles. The third-order valence-electron chi connectivity index (χ3n) is 5.47. The summed E-state index contributed by atoms with van der Waals surface area (Å²) in [5.74, 6) is 1.82. The smallest absolute Gasteiger partial charge is 0.250 e. The molecule has 1 heterocycles. The van der Waals surface area contributed by atoms with Gasteiger partial charge in [-0.2, -0.15) is 0 Å². The van der Waals surface area contributed by atoms with E-state index >= 15 is 0 Å². The first-order valence-corrected chi connectivity index (χ1v) is 12.0. The maximum absolute atomic E-state index is 6.40. The molecule has 4 heteroatoms. The van der Waals surface area contributed by atoms with Crippen LogP contribution in [0.4, 0.5) is 0 Å². The zero-order chi connectivity index (χ0) is 19.1. The number of hydrogen-bond acceptors (Lipinski definition) is 2. The second-order valence-electron chi connectivity index (χ2n) is 8.40. The number of fused-ring (bicyclic) bond motifs is 1. The highest BCUT2D eigenvalue weighted by Crippen LogP contribution is 2.37. The Bertz CT molecular complexity index is 918. The average Bonchev–Trinajstić information content (AvgIpc) is 2.89. The molecule has 0 aliphatic rings. The molecule has 3 rings (SSSR count). The van der Waals surface area contributed by atoms with E-state index in [1.165, 1.54) is 11.1 Å². The minimum atomic E-state index is -1.82. The molecule has 0 bridgehead atoms. The molecule has 2 aromatic carbocycles. The zero-order valence-corrected chi connectivity index (χ0v) is 17.9. The van der Waals surface area contributed by atoms with Gasteiger partial charge in [0.15, 0.2) is 0 Å². The fourth-order valence-electron chi connectivity index (χ4n) is 2.90. The topological polar surface area (TPSA) is 23.4 Å². The number of hydrogen-bond donors (Lipinski definition) is 0. The van der Waals surface area contributed by atoms with Crippen LogP contribution < -0.4 is 9.16 Å². The Hall–Kier alpha value is -2.20. The predicted molar refractivity (Wildman–Crippen MR) is 112 cm³/mol. The lowest BCUT2D eigenvalue weighted by molar-refractivity contribution is 0.415. The van der Waals surface area contributed by atoms with Gasteiger partial charge in [-0.05, 0) is 67.5 Å². The Morgan fingerprint density at radius 1 is 0.885 bits per heavy atom. The summed E-state index contributed by atoms with van der Waals surface area (Å²) in [5.41, 5.74) is 3.49. The first kappa shape index (κ1) is 18.6. The molecule has 26 heavy (non-hydrogen) atoms. The second kappa shape index (κ2) is 6.51. The van der Waals surface area contributed by atoms with Gasteiger partial charge in [-0.3, -0.25) is 0 Å². The third-order valence-corrected chi connectivity index (χ3v) is 9.83. The summed E-state index contributed by atoms with van der Waals surface area (Å²) in [4.78, 5) is 0. The van der Waals surface area contributed by atoms with Gasteiger partial charge < -0.3 is 13.7 Å². The van der Waals surface area contributed by atoms with Gasteiger partial charge in [-0.25, -0.2) is 0 Å². The SMILES string of the molecule is COc1ccc2cc(C)n(-c3ccc(O[Si](C)(C)C(C)(C)C)cc3)c2c1. The van der Waals surface area contributed by atoms with Crippen molar-refractivity contribution in [2.45, 2.75) is 45.8 Å². The Kier molecular flexibility index (Phi) is 4.65. The lowest BCUT2D eigenvalue weighted by Gasteiger charge is -2.36. The Morgan fingerprint density at radius 3 is 2.08 bits per heavy atom. The molecule has 0 fully saturated rings. The maximum Gasteiger partial charge on any atom is 0.250 e. The van der Waals surface area contributed by atoms with Gasteiger partial charge in [-0.15, -0.1) is 0 Å². The van der Waals surface area contributed by atoms with Gasteiger partial charge in [0, 0.05) is 22.8 Å². The van der Waals surface area contributed by atoms with Crippen molar-refractivity contribution in [2.75, 3.05) is 7.11 Å². The molecule has 0 amide bonds. The zero-order valence-electron chi connectivity index (χ0n) is 16.9. The average molecular weight is 368 g/mol. The number of aryl methyl sites for hydroxylation is 1. The van der Waals surface area contributed by atoms with Gasteiger partial charge in [-0.1, -0.05) is 20.8 Å². The molecule has 3 nitrogen and oxygen atoms in total. The van der Waals surface area contributed by atoms with Crippen LogP contribution in [0.25, 0.3) is 16.6 Å². The van der Waals surface area contributed by atoms with E-state index in [4.69, 9.17) is 9.16 Å². The van der Waals surface area contributed by atoms with E-state index in [-0.39, 0.29) is 5.04 Å². The normalized spacial score (nSPS) is 12.4. The highest BCUT2D eigenvalue weighted by molar-refractivity contribution is 6.74. The van der Waals surface area contributed by atoms with E-state index in [0.29, 0.717) is 0 Å². The summed E-state index contributed by atoms with van der Waals surface area (Å²) in [7, 11) is -0.117. The minimum absolute atomic E-state index is 0.190. The molecule has 0 aliphatic heterocycles. The first-order chi connectivity index (χ1) is 12.1. The summed E-state index contributed by atoms with van der Waals surface area (Å²) in [6, 6.07) is 16.8. The van der Waals surface area contributed by atoms with Crippen LogP contribution in [0.5, 0.6) is 11.5 Å². The van der Waals surface area contributed by atoms with Crippen LogP contribution in [0.1, 0.15) is 26.5 Å². The molecule has 0 atom stereocenters. The molecule has 0 saturated carbocycles. The summed E-state index contributed by atoms with van der Waals surface area (Å²) in [6.07, 6.45) is 0. The number of nitrogens with zero attached hydrogens (tertiary/aromatic N) is 1. The number of methoxy groups -OCH3 is 1. The van der Waals surface area contributed by atoms with Gasteiger partial charge in [0.05, 0.1) is 12.6 Å². The fraction of sp³-hybridized carbons (Fsp3) is 0.364. The van der Waals surface area contributed by atoms with Crippen molar-refractivity contribution in [1.82, 2.24) is 4.57 Å². The van der Waals surface area contributed by atoms with Crippen LogP contribution in [0.3, 0.4) is 0 Å². The molecule has 3 aromatic rings. The molecule has 0 unspecified atom stereocenters. The number of aromatic nitrogens is 1. The van der Waals surface area contributed by atoms with Crippen molar-refractivity contribution in [3.63, 3.8) is 0 Å². The monoisotopic (exact) mass is 367 g/mol. The number of ether oxygens (including phenoxy) is 1. The molecule has 138 valence electrons. The van der Waals surface area contributed by atoms with Crippen molar-refractivity contribution in [2.24, 2.45) is 0 Å². The first-order valence-electron chi connectivity index (χ1n) is 9.08. The van der Waals surface area contributed by atoms with Gasteiger partial charge in [0.2, 0.25) is 8.32 Å².